The molecule has 0 aliphatic heterocycles. The third-order valence-electron chi connectivity index (χ3n) is 2.84. The number of imidazole rings is 1. The van der Waals surface area contributed by atoms with E-state index in [1.165, 1.54) is 5.56 Å². The Morgan fingerprint density at radius 2 is 2.00 bits per heavy atom. The van der Waals surface area contributed by atoms with E-state index in [0.29, 0.717) is 6.54 Å². The topological polar surface area (TPSA) is 72.1 Å². The summed E-state index contributed by atoms with van der Waals surface area (Å²) < 4.78 is 0. The monoisotopic (exact) mass is 235 g/mol. The molecule has 0 unspecified atom stereocenters. The Hall–Kier alpha value is -1.59. The molecule has 5 heteroatoms. The first kappa shape index (κ1) is 11.9. The number of benzene rings is 1. The van der Waals surface area contributed by atoms with E-state index in [1.807, 2.05) is 25.2 Å². The molecule has 0 saturated heterocycles. The highest BCUT2D eigenvalue weighted by Crippen LogP contribution is 2.10. The van der Waals surface area contributed by atoms with Gasteiger partial charge >= 0.3 is 5.69 Å². The summed E-state index contributed by atoms with van der Waals surface area (Å²) in [6.07, 6.45) is 0.902. The van der Waals surface area contributed by atoms with Gasteiger partial charge < -0.3 is 20.0 Å². The number of nitrogens with zero attached hydrogens (tertiary/aromatic N) is 1. The first-order valence-corrected chi connectivity index (χ1v) is 5.69. The molecule has 2 rings (SSSR count). The van der Waals surface area contributed by atoms with E-state index >= 15 is 0 Å². The molecule has 0 aliphatic rings. The summed E-state index contributed by atoms with van der Waals surface area (Å²) in [7, 11) is 1.98. The zero-order valence-corrected chi connectivity index (χ0v) is 9.86. The maximum atomic E-state index is 11.1. The number of hydrogen-bond acceptors (Lipinski definition) is 3. The lowest BCUT2D eigenvalue weighted by Gasteiger charge is -2.14. The van der Waals surface area contributed by atoms with Gasteiger partial charge in [0.25, 0.3) is 0 Å². The minimum absolute atomic E-state index is 0.172. The maximum absolute atomic E-state index is 11.1. The van der Waals surface area contributed by atoms with Gasteiger partial charge in [-0.3, -0.25) is 0 Å². The van der Waals surface area contributed by atoms with Crippen LogP contribution in [0.2, 0.25) is 0 Å². The Kier molecular flexibility index (Phi) is 3.61. The van der Waals surface area contributed by atoms with Gasteiger partial charge in [0.1, 0.15) is 0 Å². The number of nitrogens with one attached hydrogen (secondary N) is 2. The molecule has 17 heavy (non-hydrogen) atoms. The Bertz CT molecular complexity index is 544. The minimum atomic E-state index is -0.172. The van der Waals surface area contributed by atoms with Gasteiger partial charge in [0.15, 0.2) is 0 Å². The standard InChI is InChI=1S/C12H17N3O2/c1-15(6-7-16)5-4-9-2-3-10-11(8-9)14-12(17)13-10/h2-3,8,16H,4-7H2,1H3,(H2,13,14,17). The quantitative estimate of drug-likeness (QED) is 0.699. The van der Waals surface area contributed by atoms with Crippen LogP contribution in [-0.2, 0) is 6.42 Å². The van der Waals surface area contributed by atoms with Gasteiger partial charge in [0.2, 0.25) is 0 Å². The molecule has 0 bridgehead atoms. The number of aliphatic hydroxyl groups is 1. The average Bonchev–Trinajstić information content (AvgIpc) is 2.66. The van der Waals surface area contributed by atoms with Crippen LogP contribution in [0.5, 0.6) is 0 Å². The van der Waals surface area contributed by atoms with Gasteiger partial charge in [-0.05, 0) is 31.2 Å². The fraction of sp³-hybridized carbons (Fsp3) is 0.417. The van der Waals surface area contributed by atoms with Crippen LogP contribution in [-0.4, -0.2) is 46.7 Å². The predicted octanol–water partition coefficient (Wildman–Crippen LogP) is 0.323. The van der Waals surface area contributed by atoms with Gasteiger partial charge in [-0.15, -0.1) is 0 Å². The van der Waals surface area contributed by atoms with E-state index in [2.05, 4.69) is 14.9 Å². The SMILES string of the molecule is CN(CCO)CCc1ccc2[nH]c(=O)[nH]c2c1. The molecule has 1 aromatic carbocycles. The number of hydrogen-bond donors (Lipinski definition) is 3. The van der Waals surface area contributed by atoms with E-state index in [9.17, 15) is 4.79 Å². The summed E-state index contributed by atoms with van der Waals surface area (Å²) in [5, 5.41) is 8.79. The largest absolute Gasteiger partial charge is 0.395 e. The van der Waals surface area contributed by atoms with Crippen molar-refractivity contribution in [1.29, 1.82) is 0 Å². The maximum Gasteiger partial charge on any atom is 0.323 e. The second-order valence-electron chi connectivity index (χ2n) is 4.24. The highest BCUT2D eigenvalue weighted by atomic mass is 16.3. The number of likely N-dealkylation sites (N-methyl/N-ethyl adjacent to an activating group) is 1. The van der Waals surface area contributed by atoms with Crippen LogP contribution < -0.4 is 5.69 Å². The highest BCUT2D eigenvalue weighted by Gasteiger charge is 2.02. The second-order valence-corrected chi connectivity index (χ2v) is 4.24. The number of aromatic amines is 2. The molecule has 5 nitrogen and oxygen atoms in total. The van der Waals surface area contributed by atoms with E-state index in [-0.39, 0.29) is 12.3 Å². The normalized spacial score (nSPS) is 11.5. The molecule has 0 saturated carbocycles. The van der Waals surface area contributed by atoms with Crippen molar-refractivity contribution in [3.8, 4) is 0 Å². The molecule has 1 heterocycles. The number of fused-ring (bicyclic) bond motifs is 1. The molecule has 0 spiro atoms. The van der Waals surface area contributed by atoms with Crippen LogP contribution in [0.1, 0.15) is 5.56 Å². The van der Waals surface area contributed by atoms with Crippen molar-refractivity contribution >= 4 is 11.0 Å². The van der Waals surface area contributed by atoms with Crippen molar-refractivity contribution < 1.29 is 5.11 Å². The second kappa shape index (κ2) is 5.16. The smallest absolute Gasteiger partial charge is 0.323 e. The van der Waals surface area contributed by atoms with Gasteiger partial charge in [-0.2, -0.15) is 0 Å². The van der Waals surface area contributed by atoms with E-state index in [4.69, 9.17) is 5.11 Å². The molecule has 1 aromatic heterocycles. The summed E-state index contributed by atoms with van der Waals surface area (Å²) in [4.78, 5) is 18.6. The van der Waals surface area contributed by atoms with Crippen LogP contribution in [0.4, 0.5) is 0 Å². The third-order valence-corrected chi connectivity index (χ3v) is 2.84. The zero-order chi connectivity index (χ0) is 12.3. The Morgan fingerprint density at radius 3 is 2.76 bits per heavy atom. The summed E-state index contributed by atoms with van der Waals surface area (Å²) in [6.45, 7) is 1.75. The lowest BCUT2D eigenvalue weighted by molar-refractivity contribution is 0.223. The highest BCUT2D eigenvalue weighted by molar-refractivity contribution is 5.74. The van der Waals surface area contributed by atoms with E-state index in [1.54, 1.807) is 0 Å². The summed E-state index contributed by atoms with van der Waals surface area (Å²) in [5.41, 5.74) is 2.69. The number of rotatable bonds is 5. The average molecular weight is 235 g/mol. The number of H-pyrrole nitrogens is 2. The number of aromatic nitrogens is 2. The summed E-state index contributed by atoms with van der Waals surface area (Å²) >= 11 is 0. The van der Waals surface area contributed by atoms with Crippen molar-refractivity contribution in [3.05, 3.63) is 34.2 Å². The molecule has 0 atom stereocenters. The molecule has 0 amide bonds. The van der Waals surface area contributed by atoms with Gasteiger partial charge in [-0.1, -0.05) is 6.07 Å². The molecule has 3 N–H and O–H groups in total. The fourth-order valence-corrected chi connectivity index (χ4v) is 1.84. The van der Waals surface area contributed by atoms with Crippen molar-refractivity contribution in [2.75, 3.05) is 26.7 Å². The first-order chi connectivity index (χ1) is 8.19. The zero-order valence-electron chi connectivity index (χ0n) is 9.86. The molecular weight excluding hydrogens is 218 g/mol. The minimum Gasteiger partial charge on any atom is -0.395 e. The van der Waals surface area contributed by atoms with Crippen molar-refractivity contribution in [3.63, 3.8) is 0 Å². The van der Waals surface area contributed by atoms with Gasteiger partial charge in [-0.25, -0.2) is 4.79 Å². The van der Waals surface area contributed by atoms with Crippen molar-refractivity contribution in [2.45, 2.75) is 6.42 Å². The van der Waals surface area contributed by atoms with Crippen molar-refractivity contribution in [2.24, 2.45) is 0 Å². The number of aliphatic hydroxyl groups excluding tert-OH is 1. The molecule has 0 radical (unpaired) electrons. The van der Waals surface area contributed by atoms with Crippen LogP contribution >= 0.6 is 0 Å². The lowest BCUT2D eigenvalue weighted by atomic mass is 10.1. The van der Waals surface area contributed by atoms with Crippen molar-refractivity contribution in [1.82, 2.24) is 14.9 Å². The van der Waals surface area contributed by atoms with E-state index in [0.717, 1.165) is 24.0 Å². The van der Waals surface area contributed by atoms with Crippen LogP contribution in [0.15, 0.2) is 23.0 Å². The Balaban J connectivity index is 2.06. The van der Waals surface area contributed by atoms with Gasteiger partial charge in [0, 0.05) is 13.1 Å². The predicted molar refractivity (Wildman–Crippen MR) is 67.2 cm³/mol. The molecule has 92 valence electrons. The van der Waals surface area contributed by atoms with Crippen LogP contribution in [0, 0.1) is 0 Å². The summed E-state index contributed by atoms with van der Waals surface area (Å²) in [6, 6.07) is 5.91. The van der Waals surface area contributed by atoms with Gasteiger partial charge in [0.05, 0.1) is 17.6 Å². The lowest BCUT2D eigenvalue weighted by Crippen LogP contribution is -2.24. The first-order valence-electron chi connectivity index (χ1n) is 5.69. The van der Waals surface area contributed by atoms with E-state index < -0.39 is 0 Å². The summed E-state index contributed by atoms with van der Waals surface area (Å²) in [5.74, 6) is 0. The molecule has 0 aliphatic carbocycles. The van der Waals surface area contributed by atoms with Crippen LogP contribution in [0.3, 0.4) is 0 Å². The molecule has 2 aromatic rings. The third kappa shape index (κ3) is 2.95. The molecular formula is C12H17N3O2. The Morgan fingerprint density at radius 1 is 1.24 bits per heavy atom. The Labute approximate surface area is 99.1 Å². The fourth-order valence-electron chi connectivity index (χ4n) is 1.84. The van der Waals surface area contributed by atoms with Crippen LogP contribution in [0.25, 0.3) is 11.0 Å². The molecule has 0 fully saturated rings.